The summed E-state index contributed by atoms with van der Waals surface area (Å²) in [7, 11) is 0. The zero-order valence-electron chi connectivity index (χ0n) is 10.4. The minimum Gasteiger partial charge on any atom is -0.355 e. The topological polar surface area (TPSA) is 15.8 Å². The monoisotopic (exact) mass is 215 g/mol. The summed E-state index contributed by atoms with van der Waals surface area (Å²) in [5.74, 6) is 0. The lowest BCUT2D eigenvalue weighted by Crippen LogP contribution is -1.90. The maximum atomic E-state index is 4.18. The van der Waals surface area contributed by atoms with E-state index in [4.69, 9.17) is 0 Å². The number of nitrogens with one attached hydrogen (secondary N) is 1. The van der Waals surface area contributed by atoms with Gasteiger partial charge in [-0.25, -0.2) is 0 Å². The Kier molecular flexibility index (Phi) is 4.36. The predicted molar refractivity (Wildman–Crippen MR) is 74.3 cm³/mol. The molecule has 0 spiro atoms. The van der Waals surface area contributed by atoms with Gasteiger partial charge in [0.25, 0.3) is 0 Å². The van der Waals surface area contributed by atoms with Crippen molar-refractivity contribution in [1.29, 1.82) is 0 Å². The van der Waals surface area contributed by atoms with E-state index in [1.807, 2.05) is 12.2 Å². The van der Waals surface area contributed by atoms with Gasteiger partial charge >= 0.3 is 0 Å². The lowest BCUT2D eigenvalue weighted by molar-refractivity contribution is 0.971. The Morgan fingerprint density at radius 3 is 2.25 bits per heavy atom. The van der Waals surface area contributed by atoms with Crippen LogP contribution >= 0.6 is 0 Å². The van der Waals surface area contributed by atoms with Gasteiger partial charge in [0.1, 0.15) is 0 Å². The van der Waals surface area contributed by atoms with Crippen LogP contribution in [0.2, 0.25) is 0 Å². The summed E-state index contributed by atoms with van der Waals surface area (Å²) in [6, 6.07) is 0. The second kappa shape index (κ2) is 5.55. The van der Waals surface area contributed by atoms with Crippen LogP contribution in [0.3, 0.4) is 0 Å². The summed E-state index contributed by atoms with van der Waals surface area (Å²) in [5.41, 5.74) is 5.92. The highest BCUT2D eigenvalue weighted by molar-refractivity contribution is 5.77. The quantitative estimate of drug-likeness (QED) is 0.709. The van der Waals surface area contributed by atoms with Gasteiger partial charge in [0.2, 0.25) is 0 Å². The van der Waals surface area contributed by atoms with Gasteiger partial charge < -0.3 is 4.98 Å². The summed E-state index contributed by atoms with van der Waals surface area (Å²) in [6.45, 7) is 16.2. The molecule has 0 fully saturated rings. The van der Waals surface area contributed by atoms with E-state index in [-0.39, 0.29) is 0 Å². The largest absolute Gasteiger partial charge is 0.355 e. The molecule has 0 radical (unpaired) electrons. The second-order valence-electron chi connectivity index (χ2n) is 3.92. The Bertz CT molecular complexity index is 407. The molecule has 0 aliphatic heterocycles. The summed E-state index contributed by atoms with van der Waals surface area (Å²) in [6.07, 6.45) is 6.87. The highest BCUT2D eigenvalue weighted by Gasteiger charge is 2.14. The fourth-order valence-electron chi connectivity index (χ4n) is 2.11. The third-order valence-corrected chi connectivity index (χ3v) is 2.83. The van der Waals surface area contributed by atoms with Crippen molar-refractivity contribution in [2.45, 2.75) is 33.1 Å². The number of rotatable bonds is 6. The van der Waals surface area contributed by atoms with Gasteiger partial charge in [0, 0.05) is 17.0 Å². The number of hydrogen-bond acceptors (Lipinski definition) is 0. The first-order chi connectivity index (χ1) is 7.69. The maximum absolute atomic E-state index is 4.18. The van der Waals surface area contributed by atoms with E-state index in [1.165, 1.54) is 16.7 Å². The predicted octanol–water partition coefficient (Wildman–Crippen LogP) is 4.68. The lowest BCUT2D eigenvalue weighted by atomic mass is 9.96. The molecule has 0 amide bonds. The third kappa shape index (κ3) is 2.19. The molecule has 0 aromatic carbocycles. The van der Waals surface area contributed by atoms with Crippen molar-refractivity contribution in [3.63, 3.8) is 0 Å². The molecule has 0 bridgehead atoms. The fraction of sp³-hybridized carbons (Fsp3) is 0.333. The molecule has 1 aromatic heterocycles. The van der Waals surface area contributed by atoms with Crippen LogP contribution in [-0.4, -0.2) is 4.98 Å². The van der Waals surface area contributed by atoms with Crippen molar-refractivity contribution in [2.24, 2.45) is 0 Å². The zero-order valence-corrected chi connectivity index (χ0v) is 10.4. The molecule has 0 saturated heterocycles. The highest BCUT2D eigenvalue weighted by atomic mass is 14.7. The highest BCUT2D eigenvalue weighted by Crippen LogP contribution is 2.30. The van der Waals surface area contributed by atoms with Crippen molar-refractivity contribution in [3.05, 3.63) is 42.3 Å². The first kappa shape index (κ1) is 12.6. The normalized spacial score (nSPS) is 10.1. The van der Waals surface area contributed by atoms with Gasteiger partial charge in [-0.3, -0.25) is 0 Å². The van der Waals surface area contributed by atoms with Gasteiger partial charge in [-0.2, -0.15) is 0 Å². The summed E-state index contributed by atoms with van der Waals surface area (Å²) in [5, 5.41) is 0. The molecule has 0 aliphatic rings. The average molecular weight is 215 g/mol. The SMILES string of the molecule is C=Cc1[nH]c(C=C)c(C(=C)CCC)c1CC. The van der Waals surface area contributed by atoms with Crippen LogP contribution in [0.25, 0.3) is 17.7 Å². The Labute approximate surface area is 98.6 Å². The van der Waals surface area contributed by atoms with Gasteiger partial charge in [-0.15, -0.1) is 0 Å². The van der Waals surface area contributed by atoms with Crippen LogP contribution in [0.15, 0.2) is 19.7 Å². The van der Waals surface area contributed by atoms with E-state index in [9.17, 15) is 0 Å². The minimum atomic E-state index is 0.990. The zero-order chi connectivity index (χ0) is 12.1. The molecule has 0 unspecified atom stereocenters. The molecule has 16 heavy (non-hydrogen) atoms. The van der Waals surface area contributed by atoms with Gasteiger partial charge in [-0.1, -0.05) is 40.0 Å². The lowest BCUT2D eigenvalue weighted by Gasteiger charge is -2.07. The van der Waals surface area contributed by atoms with Crippen molar-refractivity contribution < 1.29 is 0 Å². The molecular formula is C15H21N. The molecule has 1 nitrogen and oxygen atoms in total. The van der Waals surface area contributed by atoms with E-state index >= 15 is 0 Å². The first-order valence-electron chi connectivity index (χ1n) is 5.87. The third-order valence-electron chi connectivity index (χ3n) is 2.83. The number of H-pyrrole nitrogens is 1. The molecule has 1 N–H and O–H groups in total. The minimum absolute atomic E-state index is 0.990. The molecular weight excluding hydrogens is 194 g/mol. The van der Waals surface area contributed by atoms with Gasteiger partial charge in [-0.05, 0) is 36.1 Å². The standard InChI is InChI=1S/C15H21N/c1-6-10-11(5)15-12(7-2)13(8-3)16-14(15)9-4/h8-9,16H,3-7,10H2,1-2H3. The van der Waals surface area contributed by atoms with E-state index < -0.39 is 0 Å². The van der Waals surface area contributed by atoms with E-state index in [0.717, 1.165) is 30.7 Å². The molecule has 86 valence electrons. The summed E-state index contributed by atoms with van der Waals surface area (Å²) < 4.78 is 0. The van der Waals surface area contributed by atoms with Crippen LogP contribution in [-0.2, 0) is 6.42 Å². The second-order valence-corrected chi connectivity index (χ2v) is 3.92. The number of hydrogen-bond donors (Lipinski definition) is 1. The van der Waals surface area contributed by atoms with Crippen LogP contribution < -0.4 is 0 Å². The molecule has 0 atom stereocenters. The van der Waals surface area contributed by atoms with Crippen LogP contribution in [0.5, 0.6) is 0 Å². The number of allylic oxidation sites excluding steroid dienone is 1. The molecule has 0 saturated carbocycles. The van der Waals surface area contributed by atoms with E-state index in [0.29, 0.717) is 0 Å². The molecule has 1 heteroatoms. The molecule has 0 aliphatic carbocycles. The Morgan fingerprint density at radius 1 is 1.19 bits per heavy atom. The maximum Gasteiger partial charge on any atom is 0.0458 e. The fourth-order valence-corrected chi connectivity index (χ4v) is 2.11. The van der Waals surface area contributed by atoms with Crippen LogP contribution in [0, 0.1) is 0 Å². The Hall–Kier alpha value is -1.50. The molecule has 1 rings (SSSR count). The Morgan fingerprint density at radius 2 is 1.81 bits per heavy atom. The Balaban J connectivity index is 3.32. The van der Waals surface area contributed by atoms with Gasteiger partial charge in [0.15, 0.2) is 0 Å². The van der Waals surface area contributed by atoms with Gasteiger partial charge in [0.05, 0.1) is 0 Å². The first-order valence-corrected chi connectivity index (χ1v) is 5.87. The molecule has 1 aromatic rings. The number of aromatic amines is 1. The summed E-state index contributed by atoms with van der Waals surface area (Å²) in [4.78, 5) is 3.34. The number of aromatic nitrogens is 1. The van der Waals surface area contributed by atoms with E-state index in [1.54, 1.807) is 0 Å². The van der Waals surface area contributed by atoms with Crippen LogP contribution in [0.1, 0.15) is 49.2 Å². The van der Waals surface area contributed by atoms with Crippen molar-refractivity contribution in [1.82, 2.24) is 4.98 Å². The van der Waals surface area contributed by atoms with Crippen molar-refractivity contribution in [2.75, 3.05) is 0 Å². The van der Waals surface area contributed by atoms with Crippen molar-refractivity contribution in [3.8, 4) is 0 Å². The smallest absolute Gasteiger partial charge is 0.0458 e. The molecule has 1 heterocycles. The van der Waals surface area contributed by atoms with E-state index in [2.05, 4.69) is 38.6 Å². The summed E-state index contributed by atoms with van der Waals surface area (Å²) >= 11 is 0. The average Bonchev–Trinajstić information content (AvgIpc) is 2.66. The van der Waals surface area contributed by atoms with Crippen molar-refractivity contribution >= 4 is 17.7 Å². The van der Waals surface area contributed by atoms with Crippen LogP contribution in [0.4, 0.5) is 0 Å².